The van der Waals surface area contributed by atoms with Crippen molar-refractivity contribution in [1.29, 1.82) is 0 Å². The summed E-state index contributed by atoms with van der Waals surface area (Å²) in [6.45, 7) is 4.57. The van der Waals surface area contributed by atoms with Crippen LogP contribution in [0.4, 0.5) is 5.69 Å². The van der Waals surface area contributed by atoms with E-state index in [0.29, 0.717) is 18.0 Å². The van der Waals surface area contributed by atoms with Crippen LogP contribution in [-0.2, 0) is 4.74 Å². The van der Waals surface area contributed by atoms with Crippen LogP contribution < -0.4 is 10.1 Å². The molecule has 7 heteroatoms. The molecule has 0 saturated carbocycles. The Morgan fingerprint density at radius 3 is 2.75 bits per heavy atom. The predicted octanol–water partition coefficient (Wildman–Crippen LogP) is 2.59. The zero-order valence-electron chi connectivity index (χ0n) is 15.5. The van der Waals surface area contributed by atoms with E-state index in [4.69, 9.17) is 9.47 Å². The highest BCUT2D eigenvalue weighted by Crippen LogP contribution is 2.23. The molecule has 1 amide bonds. The van der Waals surface area contributed by atoms with Gasteiger partial charge in [0.15, 0.2) is 11.4 Å². The van der Waals surface area contributed by atoms with Crippen molar-refractivity contribution in [1.82, 2.24) is 14.9 Å². The van der Waals surface area contributed by atoms with Crippen molar-refractivity contribution in [3.63, 3.8) is 0 Å². The Morgan fingerprint density at radius 2 is 1.86 bits per heavy atom. The SMILES string of the molecule is O=C(Nc1cccc2cccnc12)c1ncccc1OCCN1CCOCC1. The summed E-state index contributed by atoms with van der Waals surface area (Å²) in [6.07, 6.45) is 3.30. The molecule has 1 fully saturated rings. The highest BCUT2D eigenvalue weighted by atomic mass is 16.5. The van der Waals surface area contributed by atoms with Crippen molar-refractivity contribution >= 4 is 22.5 Å². The fourth-order valence-electron chi connectivity index (χ4n) is 3.17. The standard InChI is InChI=1S/C21H22N4O3/c26-21(24-17-6-1-4-16-5-2-8-22-19(16)17)20-18(7-3-9-23-20)28-15-12-25-10-13-27-14-11-25/h1-9H,10-15H2,(H,24,26). The number of anilines is 1. The second kappa shape index (κ2) is 8.77. The second-order valence-corrected chi connectivity index (χ2v) is 6.49. The predicted molar refractivity (Wildman–Crippen MR) is 107 cm³/mol. The van der Waals surface area contributed by atoms with Gasteiger partial charge in [-0.05, 0) is 24.3 Å². The van der Waals surface area contributed by atoms with Gasteiger partial charge in [0.25, 0.3) is 5.91 Å². The normalized spacial score (nSPS) is 14.7. The molecule has 0 spiro atoms. The van der Waals surface area contributed by atoms with Gasteiger partial charge in [-0.3, -0.25) is 14.7 Å². The van der Waals surface area contributed by atoms with Crippen molar-refractivity contribution in [3.8, 4) is 5.75 Å². The van der Waals surface area contributed by atoms with Crippen LogP contribution in [0.15, 0.2) is 54.9 Å². The average molecular weight is 378 g/mol. The number of fused-ring (bicyclic) bond motifs is 1. The Morgan fingerprint density at radius 1 is 1.07 bits per heavy atom. The molecule has 3 heterocycles. The maximum absolute atomic E-state index is 12.8. The van der Waals surface area contributed by atoms with Crippen molar-refractivity contribution in [2.75, 3.05) is 44.8 Å². The first-order valence-corrected chi connectivity index (χ1v) is 9.34. The van der Waals surface area contributed by atoms with Gasteiger partial charge in [-0.25, -0.2) is 4.98 Å². The van der Waals surface area contributed by atoms with Gasteiger partial charge in [0.1, 0.15) is 6.61 Å². The molecular formula is C21H22N4O3. The zero-order chi connectivity index (χ0) is 19.2. The zero-order valence-corrected chi connectivity index (χ0v) is 15.5. The van der Waals surface area contributed by atoms with Gasteiger partial charge in [0.05, 0.1) is 24.4 Å². The van der Waals surface area contributed by atoms with Gasteiger partial charge >= 0.3 is 0 Å². The Bertz CT molecular complexity index is 952. The first-order chi connectivity index (χ1) is 13.8. The third kappa shape index (κ3) is 4.27. The number of nitrogens with one attached hydrogen (secondary N) is 1. The molecule has 2 aromatic heterocycles. The number of amides is 1. The fourth-order valence-corrected chi connectivity index (χ4v) is 3.17. The number of nitrogens with zero attached hydrogens (tertiary/aromatic N) is 3. The van der Waals surface area contributed by atoms with Crippen molar-refractivity contribution in [2.45, 2.75) is 0 Å². The van der Waals surface area contributed by atoms with E-state index in [2.05, 4.69) is 20.2 Å². The largest absolute Gasteiger partial charge is 0.490 e. The van der Waals surface area contributed by atoms with Crippen molar-refractivity contribution in [2.24, 2.45) is 0 Å². The summed E-state index contributed by atoms with van der Waals surface area (Å²) in [5.74, 6) is 0.154. The number of carbonyl (C=O) groups excluding carboxylic acids is 1. The molecule has 0 bridgehead atoms. The topological polar surface area (TPSA) is 76.6 Å². The van der Waals surface area contributed by atoms with Gasteiger partial charge in [-0.1, -0.05) is 18.2 Å². The number of hydrogen-bond donors (Lipinski definition) is 1. The van der Waals surface area contributed by atoms with Crippen LogP contribution in [0.5, 0.6) is 5.75 Å². The highest BCUT2D eigenvalue weighted by Gasteiger charge is 2.16. The van der Waals surface area contributed by atoms with Crippen LogP contribution in [0.25, 0.3) is 10.9 Å². The number of aromatic nitrogens is 2. The smallest absolute Gasteiger partial charge is 0.278 e. The monoisotopic (exact) mass is 378 g/mol. The maximum atomic E-state index is 12.8. The molecule has 1 aliphatic rings. The Kier molecular flexibility index (Phi) is 5.75. The molecular weight excluding hydrogens is 356 g/mol. The van der Waals surface area contributed by atoms with Crippen LogP contribution in [0.3, 0.4) is 0 Å². The first kappa shape index (κ1) is 18.3. The van der Waals surface area contributed by atoms with E-state index < -0.39 is 0 Å². The number of pyridine rings is 2. The molecule has 3 aromatic rings. The number of morpholine rings is 1. The van der Waals surface area contributed by atoms with Crippen LogP contribution in [0.2, 0.25) is 0 Å². The number of carbonyl (C=O) groups is 1. The van der Waals surface area contributed by atoms with Gasteiger partial charge in [0, 0.05) is 37.4 Å². The van der Waals surface area contributed by atoms with E-state index >= 15 is 0 Å². The number of hydrogen-bond acceptors (Lipinski definition) is 6. The Balaban J connectivity index is 1.45. The second-order valence-electron chi connectivity index (χ2n) is 6.49. The van der Waals surface area contributed by atoms with Crippen LogP contribution in [0.1, 0.15) is 10.5 Å². The third-order valence-corrected chi connectivity index (χ3v) is 4.64. The molecule has 1 aromatic carbocycles. The van der Waals surface area contributed by atoms with E-state index in [0.717, 1.165) is 43.8 Å². The third-order valence-electron chi connectivity index (χ3n) is 4.64. The number of ether oxygens (including phenoxy) is 2. The molecule has 1 saturated heterocycles. The molecule has 4 rings (SSSR count). The lowest BCUT2D eigenvalue weighted by molar-refractivity contribution is 0.0322. The molecule has 144 valence electrons. The highest BCUT2D eigenvalue weighted by molar-refractivity contribution is 6.08. The molecule has 1 N–H and O–H groups in total. The maximum Gasteiger partial charge on any atom is 0.278 e. The molecule has 7 nitrogen and oxygen atoms in total. The lowest BCUT2D eigenvalue weighted by atomic mass is 10.2. The molecule has 28 heavy (non-hydrogen) atoms. The van der Waals surface area contributed by atoms with E-state index in [-0.39, 0.29) is 11.6 Å². The number of para-hydroxylation sites is 1. The van der Waals surface area contributed by atoms with Crippen LogP contribution in [-0.4, -0.2) is 60.2 Å². The lowest BCUT2D eigenvalue weighted by Crippen LogP contribution is -2.38. The van der Waals surface area contributed by atoms with E-state index in [1.54, 1.807) is 24.5 Å². The van der Waals surface area contributed by atoms with E-state index in [1.807, 2.05) is 30.3 Å². The summed E-state index contributed by atoms with van der Waals surface area (Å²) in [5.41, 5.74) is 1.65. The Labute approximate surface area is 163 Å². The van der Waals surface area contributed by atoms with E-state index in [1.165, 1.54) is 0 Å². The first-order valence-electron chi connectivity index (χ1n) is 9.34. The van der Waals surface area contributed by atoms with Crippen LogP contribution >= 0.6 is 0 Å². The molecule has 1 aliphatic heterocycles. The summed E-state index contributed by atoms with van der Waals surface area (Å²) in [4.78, 5) is 23.7. The van der Waals surface area contributed by atoms with Gasteiger partial charge < -0.3 is 14.8 Å². The quantitative estimate of drug-likeness (QED) is 0.711. The van der Waals surface area contributed by atoms with Crippen molar-refractivity contribution < 1.29 is 14.3 Å². The van der Waals surface area contributed by atoms with Crippen molar-refractivity contribution in [3.05, 3.63) is 60.6 Å². The van der Waals surface area contributed by atoms with Gasteiger partial charge in [0.2, 0.25) is 0 Å². The molecule has 0 atom stereocenters. The van der Waals surface area contributed by atoms with Crippen LogP contribution in [0, 0.1) is 0 Å². The Hall–Kier alpha value is -3.03. The molecule has 0 radical (unpaired) electrons. The summed E-state index contributed by atoms with van der Waals surface area (Å²) in [6, 6.07) is 13.0. The summed E-state index contributed by atoms with van der Waals surface area (Å²) in [5, 5.41) is 3.87. The minimum Gasteiger partial charge on any atom is -0.490 e. The minimum atomic E-state index is -0.319. The summed E-state index contributed by atoms with van der Waals surface area (Å²) < 4.78 is 11.2. The molecule has 0 unspecified atom stereocenters. The fraction of sp³-hybridized carbons (Fsp3) is 0.286. The summed E-state index contributed by atoms with van der Waals surface area (Å²) >= 11 is 0. The average Bonchev–Trinajstić information content (AvgIpc) is 2.75. The summed E-state index contributed by atoms with van der Waals surface area (Å²) in [7, 11) is 0. The minimum absolute atomic E-state index is 0.261. The number of rotatable bonds is 6. The van der Waals surface area contributed by atoms with Gasteiger partial charge in [-0.2, -0.15) is 0 Å². The lowest BCUT2D eigenvalue weighted by Gasteiger charge is -2.26. The number of benzene rings is 1. The molecule has 0 aliphatic carbocycles. The van der Waals surface area contributed by atoms with E-state index in [9.17, 15) is 4.79 Å². The van der Waals surface area contributed by atoms with Gasteiger partial charge in [-0.15, -0.1) is 0 Å².